The molecular weight excluding hydrogens is 209 g/mol. The highest BCUT2D eigenvalue weighted by Gasteiger charge is 1.90. The minimum absolute atomic E-state index is 0.194. The third-order valence-electron chi connectivity index (χ3n) is 1.28. The maximum Gasteiger partial charge on any atom is 0.240 e. The first-order valence-electron chi connectivity index (χ1n) is 3.51. The van der Waals surface area contributed by atoms with E-state index >= 15 is 0 Å². The molecule has 0 spiro atoms. The highest BCUT2D eigenvalue weighted by molar-refractivity contribution is 6.40. The van der Waals surface area contributed by atoms with Crippen LogP contribution < -0.4 is 0 Å². The van der Waals surface area contributed by atoms with Crippen molar-refractivity contribution in [3.8, 4) is 0 Å². The molecule has 0 aliphatic rings. The number of alkyl halides is 2. The van der Waals surface area contributed by atoms with Crippen molar-refractivity contribution in [3.05, 3.63) is 29.8 Å². The number of isocyanates is 1. The average Bonchev–Trinajstić information content (AvgIpc) is 2.11. The summed E-state index contributed by atoms with van der Waals surface area (Å²) < 4.78 is 0. The smallest absolute Gasteiger partial charge is 0.211 e. The Labute approximate surface area is 87.2 Å². The van der Waals surface area contributed by atoms with E-state index in [2.05, 4.69) is 4.99 Å². The first-order valence-corrected chi connectivity index (χ1v) is 4.58. The van der Waals surface area contributed by atoms with Gasteiger partial charge in [-0.3, -0.25) is 0 Å². The number of para-hydroxylation sites is 1. The molecule has 0 N–H and O–H groups in total. The van der Waals surface area contributed by atoms with Crippen LogP contribution in [-0.2, 0) is 4.79 Å². The zero-order valence-electron chi connectivity index (χ0n) is 7.13. The number of aryl methyl sites for hydroxylation is 1. The van der Waals surface area contributed by atoms with Gasteiger partial charge in [0.05, 0.1) is 11.0 Å². The van der Waals surface area contributed by atoms with Crippen LogP contribution in [0.25, 0.3) is 0 Å². The summed E-state index contributed by atoms with van der Waals surface area (Å²) in [5.41, 5.74) is 1.68. The molecule has 1 aromatic carbocycles. The van der Waals surface area contributed by atoms with Gasteiger partial charge in [-0.1, -0.05) is 18.2 Å². The molecule has 1 aromatic rings. The van der Waals surface area contributed by atoms with Gasteiger partial charge < -0.3 is 0 Å². The minimum atomic E-state index is 0.194. The van der Waals surface area contributed by atoms with Crippen molar-refractivity contribution in [3.63, 3.8) is 0 Å². The van der Waals surface area contributed by atoms with E-state index in [9.17, 15) is 4.79 Å². The molecule has 1 rings (SSSR count). The zero-order valence-corrected chi connectivity index (χ0v) is 8.64. The van der Waals surface area contributed by atoms with E-state index in [1.54, 1.807) is 6.07 Å². The standard InChI is InChI=1S/C8H7NO.CH2Cl2/c1-7-4-2-3-5-8(7)9-6-10;2-1-3/h2-5H,1H3;1H2. The van der Waals surface area contributed by atoms with Crippen LogP contribution >= 0.6 is 23.2 Å². The monoisotopic (exact) mass is 217 g/mol. The fraction of sp³-hybridized carbons (Fsp3) is 0.222. The van der Waals surface area contributed by atoms with Gasteiger partial charge in [0.1, 0.15) is 0 Å². The number of benzene rings is 1. The number of hydrogen-bond acceptors (Lipinski definition) is 2. The Morgan fingerprint density at radius 3 is 2.38 bits per heavy atom. The molecule has 0 saturated heterocycles. The van der Waals surface area contributed by atoms with Gasteiger partial charge in [-0.2, -0.15) is 4.99 Å². The molecule has 0 atom stereocenters. The van der Waals surface area contributed by atoms with Gasteiger partial charge in [0.25, 0.3) is 0 Å². The Morgan fingerprint density at radius 2 is 1.92 bits per heavy atom. The van der Waals surface area contributed by atoms with E-state index in [0.717, 1.165) is 5.56 Å². The normalized spacial score (nSPS) is 7.92. The first kappa shape index (κ1) is 12.2. The molecule has 2 nitrogen and oxygen atoms in total. The van der Waals surface area contributed by atoms with Crippen LogP contribution in [0.3, 0.4) is 0 Å². The summed E-state index contributed by atoms with van der Waals surface area (Å²) in [5.74, 6) is 0. The highest BCUT2D eigenvalue weighted by atomic mass is 35.5. The molecule has 0 aliphatic heterocycles. The average molecular weight is 218 g/mol. The van der Waals surface area contributed by atoms with Crippen molar-refractivity contribution >= 4 is 35.0 Å². The second-order valence-corrected chi connectivity index (χ2v) is 2.90. The van der Waals surface area contributed by atoms with Crippen LogP contribution in [0.15, 0.2) is 29.3 Å². The van der Waals surface area contributed by atoms with Crippen molar-refractivity contribution in [2.75, 3.05) is 5.34 Å². The number of rotatable bonds is 1. The topological polar surface area (TPSA) is 29.4 Å². The van der Waals surface area contributed by atoms with Crippen LogP contribution in [-0.4, -0.2) is 11.4 Å². The van der Waals surface area contributed by atoms with Gasteiger partial charge in [-0.15, -0.1) is 23.2 Å². The number of hydrogen-bond donors (Lipinski definition) is 0. The second kappa shape index (κ2) is 7.81. The summed E-state index contributed by atoms with van der Waals surface area (Å²) in [5, 5.41) is 0.194. The third kappa shape index (κ3) is 5.42. The summed E-state index contributed by atoms with van der Waals surface area (Å²) in [7, 11) is 0. The summed E-state index contributed by atoms with van der Waals surface area (Å²) in [6, 6.07) is 7.42. The largest absolute Gasteiger partial charge is 0.240 e. The Balaban J connectivity index is 0.000000424. The molecule has 0 aliphatic carbocycles. The first-order chi connectivity index (χ1) is 6.26. The molecule has 0 aromatic heterocycles. The van der Waals surface area contributed by atoms with Crippen LogP contribution in [0.1, 0.15) is 5.56 Å². The Hall–Kier alpha value is -0.820. The Morgan fingerprint density at radius 1 is 1.38 bits per heavy atom. The fourth-order valence-corrected chi connectivity index (χ4v) is 0.738. The maximum atomic E-state index is 9.83. The molecular formula is C9H9Cl2NO. The van der Waals surface area contributed by atoms with Gasteiger partial charge in [-0.25, -0.2) is 4.79 Å². The Bertz CT molecular complexity index is 295. The molecule has 0 saturated carbocycles. The Kier molecular flexibility index (Phi) is 7.32. The molecule has 0 bridgehead atoms. The van der Waals surface area contributed by atoms with E-state index in [0.29, 0.717) is 5.69 Å². The van der Waals surface area contributed by atoms with Crippen molar-refractivity contribution in [2.24, 2.45) is 4.99 Å². The molecule has 0 radical (unpaired) electrons. The van der Waals surface area contributed by atoms with E-state index < -0.39 is 0 Å². The summed E-state index contributed by atoms with van der Waals surface area (Å²) >= 11 is 9.53. The van der Waals surface area contributed by atoms with E-state index in [1.165, 1.54) is 6.08 Å². The van der Waals surface area contributed by atoms with Crippen LogP contribution in [0, 0.1) is 6.92 Å². The number of nitrogens with zero attached hydrogens (tertiary/aromatic N) is 1. The summed E-state index contributed by atoms with van der Waals surface area (Å²) in [6.45, 7) is 1.90. The van der Waals surface area contributed by atoms with Gasteiger partial charge in [-0.05, 0) is 18.6 Å². The molecule has 70 valence electrons. The SMILES string of the molecule is Cc1ccccc1N=C=O.ClCCl. The van der Waals surface area contributed by atoms with Crippen molar-refractivity contribution in [2.45, 2.75) is 6.92 Å². The van der Waals surface area contributed by atoms with Crippen molar-refractivity contribution < 1.29 is 4.79 Å². The van der Waals surface area contributed by atoms with Gasteiger partial charge in [0, 0.05) is 0 Å². The molecule has 0 amide bonds. The quantitative estimate of drug-likeness (QED) is 0.403. The van der Waals surface area contributed by atoms with Crippen molar-refractivity contribution in [1.29, 1.82) is 0 Å². The highest BCUT2D eigenvalue weighted by Crippen LogP contribution is 2.15. The van der Waals surface area contributed by atoms with Crippen LogP contribution in [0.4, 0.5) is 5.69 Å². The van der Waals surface area contributed by atoms with Gasteiger partial charge in [0.2, 0.25) is 6.08 Å². The third-order valence-corrected chi connectivity index (χ3v) is 1.28. The summed E-state index contributed by atoms with van der Waals surface area (Å²) in [6.07, 6.45) is 1.50. The van der Waals surface area contributed by atoms with Gasteiger partial charge >= 0.3 is 0 Å². The zero-order chi connectivity index (χ0) is 10.1. The predicted octanol–water partition coefficient (Wildman–Crippen LogP) is 3.38. The van der Waals surface area contributed by atoms with Crippen molar-refractivity contribution in [1.82, 2.24) is 0 Å². The minimum Gasteiger partial charge on any atom is -0.211 e. The van der Waals surface area contributed by atoms with E-state index in [-0.39, 0.29) is 5.34 Å². The lowest BCUT2D eigenvalue weighted by Gasteiger charge is -1.92. The van der Waals surface area contributed by atoms with E-state index in [1.807, 2.05) is 25.1 Å². The predicted molar refractivity (Wildman–Crippen MR) is 55.5 cm³/mol. The number of halogens is 2. The lowest BCUT2D eigenvalue weighted by molar-refractivity contribution is 0.565. The molecule has 0 fully saturated rings. The van der Waals surface area contributed by atoms with Crippen LogP contribution in [0.2, 0.25) is 0 Å². The lowest BCUT2D eigenvalue weighted by atomic mass is 10.2. The lowest BCUT2D eigenvalue weighted by Crippen LogP contribution is -1.70. The molecule has 13 heavy (non-hydrogen) atoms. The molecule has 0 unspecified atom stereocenters. The molecule has 0 heterocycles. The van der Waals surface area contributed by atoms with Gasteiger partial charge in [0.15, 0.2) is 0 Å². The number of carbonyl (C=O) groups excluding carboxylic acids is 1. The van der Waals surface area contributed by atoms with Crippen LogP contribution in [0.5, 0.6) is 0 Å². The molecule has 4 heteroatoms. The maximum absolute atomic E-state index is 9.83. The fourth-order valence-electron chi connectivity index (χ4n) is 0.738. The van der Waals surface area contributed by atoms with E-state index in [4.69, 9.17) is 23.2 Å². The second-order valence-electron chi connectivity index (χ2n) is 2.09. The summed E-state index contributed by atoms with van der Waals surface area (Å²) in [4.78, 5) is 13.3. The number of aliphatic imine (C=N–C) groups is 1.